The molecule has 2 amide bonds. The number of aromatic amines is 1. The van der Waals surface area contributed by atoms with Crippen LogP contribution in [-0.2, 0) is 23.8 Å². The smallest absolute Gasteiger partial charge is 0.330 e. The number of nitrogens with one attached hydrogen (secondary N) is 2. The summed E-state index contributed by atoms with van der Waals surface area (Å²) in [5, 5.41) is 46.4. The van der Waals surface area contributed by atoms with Gasteiger partial charge in [-0.2, -0.15) is 0 Å². The number of ether oxygens (including phenoxy) is 3. The van der Waals surface area contributed by atoms with Crippen LogP contribution in [-0.4, -0.2) is 140 Å². The molecule has 0 aromatic carbocycles. The van der Waals surface area contributed by atoms with Crippen LogP contribution in [0, 0.1) is 0 Å². The minimum Gasteiger partial charge on any atom is -0.387 e. The van der Waals surface area contributed by atoms with Gasteiger partial charge in [0.15, 0.2) is 12.5 Å². The van der Waals surface area contributed by atoms with E-state index in [1.54, 1.807) is 18.0 Å². The van der Waals surface area contributed by atoms with Crippen molar-refractivity contribution in [3.63, 3.8) is 0 Å². The molecule has 8 N–H and O–H groups in total. The molecule has 0 unspecified atom stereocenters. The number of H-pyrrole nitrogens is 1. The first-order valence-electron chi connectivity index (χ1n) is 18.1. The summed E-state index contributed by atoms with van der Waals surface area (Å²) < 4.78 is 18.7. The quantitative estimate of drug-likeness (QED) is 0.0867. The molecule has 4 heterocycles. The Morgan fingerprint density at radius 3 is 2.22 bits per heavy atom. The predicted molar refractivity (Wildman–Crippen MR) is 184 cm³/mol. The maximum Gasteiger partial charge on any atom is 0.330 e. The Morgan fingerprint density at radius 2 is 1.61 bits per heavy atom. The lowest BCUT2D eigenvalue weighted by Crippen LogP contribution is -2.59. The Balaban J connectivity index is 1.47. The summed E-state index contributed by atoms with van der Waals surface area (Å²) in [5.74, 6) is -1.08. The van der Waals surface area contributed by atoms with Gasteiger partial charge in [0.25, 0.3) is 11.5 Å². The van der Waals surface area contributed by atoms with Gasteiger partial charge in [-0.3, -0.25) is 28.8 Å². The lowest BCUT2D eigenvalue weighted by Gasteiger charge is -2.38. The number of hydrogen-bond donors (Lipinski definition) is 7. The molecule has 17 heteroatoms. The largest absolute Gasteiger partial charge is 0.387 e. The second-order valence-corrected chi connectivity index (χ2v) is 13.7. The molecular weight excluding hydrogens is 668 g/mol. The van der Waals surface area contributed by atoms with Crippen LogP contribution in [0.4, 0.5) is 0 Å². The SMILES string of the molecule is CCCCCCCCCCCCNC(=O)C1=CCN(C)[C@@H]([C@H](O[C@@H]2O[C@H](CN)[C@@H](O)[C@H]2O)[C@H]2O[C@@H](n3ccc(=O)[nH]c3=O)[C@H](O)[C@@H]2O)C(=O)N1C. The molecule has 0 bridgehead atoms. The second-order valence-electron chi connectivity index (χ2n) is 13.7. The molecule has 0 spiro atoms. The number of carbonyl (C=O) groups excluding carboxylic acids is 2. The van der Waals surface area contributed by atoms with Crippen LogP contribution in [0.1, 0.15) is 77.4 Å². The van der Waals surface area contributed by atoms with Crippen LogP contribution < -0.4 is 22.3 Å². The van der Waals surface area contributed by atoms with Crippen molar-refractivity contribution in [1.82, 2.24) is 24.7 Å². The van der Waals surface area contributed by atoms with E-state index in [4.69, 9.17) is 19.9 Å². The highest BCUT2D eigenvalue weighted by Gasteiger charge is 2.55. The third-order valence-electron chi connectivity index (χ3n) is 9.92. The summed E-state index contributed by atoms with van der Waals surface area (Å²) in [7, 11) is 3.01. The van der Waals surface area contributed by atoms with Crippen molar-refractivity contribution >= 4 is 11.8 Å². The first-order valence-corrected chi connectivity index (χ1v) is 18.1. The van der Waals surface area contributed by atoms with E-state index in [9.17, 15) is 39.6 Å². The fourth-order valence-corrected chi connectivity index (χ4v) is 6.85. The molecule has 288 valence electrons. The number of hydrogen-bond acceptors (Lipinski definition) is 13. The van der Waals surface area contributed by atoms with E-state index < -0.39 is 84.4 Å². The maximum absolute atomic E-state index is 14.2. The number of rotatable bonds is 18. The Hall–Kier alpha value is -3.00. The lowest BCUT2D eigenvalue weighted by molar-refractivity contribution is -0.232. The van der Waals surface area contributed by atoms with Gasteiger partial charge in [-0.05, 0) is 19.5 Å². The standard InChI is InChI=1S/C34H56N6O11/c1-4-5-6-7-8-9-10-11-12-13-16-36-30(46)20-14-17-38(2)23(31(47)39(20)3)28(51-33-27(45)24(42)21(19-35)49-33)29-25(43)26(44)32(50-29)40-18-15-22(41)37-34(40)48/h14-15,18,21,23-29,32-33,42-45H,4-13,16-17,19,35H2,1-3H3,(H,36,46)(H,37,41,48)/t21-,23+,24-,25+,26-,27-,28+,29+,32-,33+/m1/s1. The molecule has 51 heavy (non-hydrogen) atoms. The van der Waals surface area contributed by atoms with E-state index in [-0.39, 0.29) is 18.8 Å². The van der Waals surface area contributed by atoms with Crippen LogP contribution in [0.3, 0.4) is 0 Å². The van der Waals surface area contributed by atoms with Crippen molar-refractivity contribution in [1.29, 1.82) is 0 Å². The Kier molecular flexibility index (Phi) is 15.3. The van der Waals surface area contributed by atoms with Gasteiger partial charge in [0.2, 0.25) is 5.91 Å². The maximum atomic E-state index is 14.2. The zero-order chi connectivity index (χ0) is 37.2. The van der Waals surface area contributed by atoms with Crippen molar-refractivity contribution in [2.75, 3.05) is 33.7 Å². The van der Waals surface area contributed by atoms with Gasteiger partial charge in [-0.15, -0.1) is 0 Å². The van der Waals surface area contributed by atoms with Crippen LogP contribution in [0.2, 0.25) is 0 Å². The zero-order valence-corrected chi connectivity index (χ0v) is 29.8. The molecule has 1 aromatic heterocycles. The average molecular weight is 725 g/mol. The van der Waals surface area contributed by atoms with Crippen LogP contribution in [0.5, 0.6) is 0 Å². The molecule has 0 saturated carbocycles. The summed E-state index contributed by atoms with van der Waals surface area (Å²) in [6.45, 7) is 2.55. The van der Waals surface area contributed by atoms with Gasteiger partial charge >= 0.3 is 5.69 Å². The summed E-state index contributed by atoms with van der Waals surface area (Å²) in [6.07, 6.45) is 0.653. The fourth-order valence-electron chi connectivity index (χ4n) is 6.85. The normalized spacial score (nSPS) is 30.7. The van der Waals surface area contributed by atoms with Crippen LogP contribution in [0.15, 0.2) is 33.6 Å². The number of amides is 2. The molecular formula is C34H56N6O11. The van der Waals surface area contributed by atoms with E-state index in [1.807, 2.05) is 0 Å². The molecule has 10 atom stereocenters. The van der Waals surface area contributed by atoms with E-state index in [0.717, 1.165) is 42.5 Å². The molecule has 3 aliphatic rings. The summed E-state index contributed by atoms with van der Waals surface area (Å²) in [4.78, 5) is 56.5. The number of aliphatic hydroxyl groups is 4. The monoisotopic (exact) mass is 724 g/mol. The van der Waals surface area contributed by atoms with Crippen molar-refractivity contribution < 1.29 is 44.2 Å². The first kappa shape index (κ1) is 40.8. The summed E-state index contributed by atoms with van der Waals surface area (Å²) in [6, 6.07) is -0.268. The number of likely N-dealkylation sites (N-methyl/N-ethyl adjacent to an activating group) is 2. The average Bonchev–Trinajstić information content (AvgIpc) is 3.51. The topological polar surface area (TPSA) is 242 Å². The number of nitrogens with zero attached hydrogens (tertiary/aromatic N) is 3. The van der Waals surface area contributed by atoms with Crippen molar-refractivity contribution in [3.8, 4) is 0 Å². The minimum atomic E-state index is -1.75. The van der Waals surface area contributed by atoms with Gasteiger partial charge in [0, 0.05) is 38.9 Å². The number of carbonyl (C=O) groups is 2. The molecule has 3 aliphatic heterocycles. The highest BCUT2D eigenvalue weighted by atomic mass is 16.7. The number of aliphatic hydroxyl groups excluding tert-OH is 4. The Morgan fingerprint density at radius 1 is 0.961 bits per heavy atom. The summed E-state index contributed by atoms with van der Waals surface area (Å²) >= 11 is 0. The van der Waals surface area contributed by atoms with Gasteiger partial charge in [-0.25, -0.2) is 4.79 Å². The van der Waals surface area contributed by atoms with Crippen molar-refractivity contribution in [3.05, 3.63) is 44.9 Å². The van der Waals surface area contributed by atoms with Gasteiger partial charge in [-0.1, -0.05) is 64.7 Å². The van der Waals surface area contributed by atoms with Crippen LogP contribution in [0.25, 0.3) is 0 Å². The molecule has 4 rings (SSSR count). The van der Waals surface area contributed by atoms with Gasteiger partial charge < -0.3 is 50.6 Å². The third kappa shape index (κ3) is 9.91. The third-order valence-corrected chi connectivity index (χ3v) is 9.92. The van der Waals surface area contributed by atoms with Crippen molar-refractivity contribution in [2.45, 2.75) is 132 Å². The lowest BCUT2D eigenvalue weighted by atomic mass is 9.97. The molecule has 1 aromatic rings. The minimum absolute atomic E-state index is 0.0674. The van der Waals surface area contributed by atoms with E-state index >= 15 is 0 Å². The Bertz CT molecular complexity index is 1440. The van der Waals surface area contributed by atoms with E-state index in [2.05, 4.69) is 17.2 Å². The predicted octanol–water partition coefficient (Wildman–Crippen LogP) is -1.36. The number of aromatic nitrogens is 2. The van der Waals surface area contributed by atoms with E-state index in [0.29, 0.717) is 6.54 Å². The molecule has 0 radical (unpaired) electrons. The number of unbranched alkanes of at least 4 members (excludes halogenated alkanes) is 9. The highest BCUT2D eigenvalue weighted by molar-refractivity contribution is 5.99. The van der Waals surface area contributed by atoms with Crippen molar-refractivity contribution in [2.24, 2.45) is 5.73 Å². The molecule has 2 fully saturated rings. The summed E-state index contributed by atoms with van der Waals surface area (Å²) in [5.41, 5.74) is 4.18. The molecule has 0 aliphatic carbocycles. The van der Waals surface area contributed by atoms with Gasteiger partial charge in [0.1, 0.15) is 54.5 Å². The molecule has 2 saturated heterocycles. The number of nitrogens with two attached hydrogens (primary N) is 1. The van der Waals surface area contributed by atoms with Gasteiger partial charge in [0.05, 0.1) is 0 Å². The highest BCUT2D eigenvalue weighted by Crippen LogP contribution is 2.36. The Labute approximate surface area is 297 Å². The zero-order valence-electron chi connectivity index (χ0n) is 29.8. The van der Waals surface area contributed by atoms with Crippen LogP contribution >= 0.6 is 0 Å². The second kappa shape index (κ2) is 19.2. The van der Waals surface area contributed by atoms with E-state index in [1.165, 1.54) is 50.5 Å². The molecule has 17 nitrogen and oxygen atoms in total. The fraction of sp³-hybridized carbons (Fsp3) is 0.765. The first-order chi connectivity index (χ1) is 24.4.